The number of nitrogens with zero attached hydrogens (tertiary/aromatic N) is 2. The molecule has 2 N–H and O–H groups in total. The molecular formula is C9H14N4O3. The second-order valence-corrected chi connectivity index (χ2v) is 4.13. The van der Waals surface area contributed by atoms with Gasteiger partial charge in [0.1, 0.15) is 24.3 Å². The van der Waals surface area contributed by atoms with Crippen LogP contribution in [0, 0.1) is 0 Å². The molecular weight excluding hydrogens is 212 g/mol. The van der Waals surface area contributed by atoms with Crippen molar-refractivity contribution in [3.63, 3.8) is 0 Å². The van der Waals surface area contributed by atoms with Crippen molar-refractivity contribution in [1.82, 2.24) is 20.5 Å². The molecule has 1 amide bonds. The van der Waals surface area contributed by atoms with E-state index in [1.54, 1.807) is 20.8 Å². The Balaban J connectivity index is 2.58. The van der Waals surface area contributed by atoms with E-state index >= 15 is 0 Å². The third kappa shape index (κ3) is 3.68. The van der Waals surface area contributed by atoms with Gasteiger partial charge in [-0.3, -0.25) is 5.10 Å². The summed E-state index contributed by atoms with van der Waals surface area (Å²) >= 11 is 0. The molecule has 1 atom stereocenters. The molecule has 1 heterocycles. The van der Waals surface area contributed by atoms with Crippen LogP contribution in [0.2, 0.25) is 0 Å². The van der Waals surface area contributed by atoms with Gasteiger partial charge in [0.2, 0.25) is 0 Å². The molecule has 7 heteroatoms. The second-order valence-electron chi connectivity index (χ2n) is 4.13. The Labute approximate surface area is 92.6 Å². The zero-order chi connectivity index (χ0) is 12.2. The van der Waals surface area contributed by atoms with Gasteiger partial charge in [0, 0.05) is 0 Å². The quantitative estimate of drug-likeness (QED) is 0.734. The maximum Gasteiger partial charge on any atom is 0.408 e. The van der Waals surface area contributed by atoms with Crippen LogP contribution in [0.25, 0.3) is 0 Å². The number of hydrogen-bond donors (Lipinski definition) is 2. The van der Waals surface area contributed by atoms with Crippen molar-refractivity contribution in [2.24, 2.45) is 0 Å². The fraction of sp³-hybridized carbons (Fsp3) is 0.556. The Bertz CT molecular complexity index is 355. The van der Waals surface area contributed by atoms with Crippen molar-refractivity contribution in [3.8, 4) is 0 Å². The number of ether oxygens (including phenoxy) is 1. The monoisotopic (exact) mass is 226 g/mol. The average molecular weight is 226 g/mol. The first-order valence-corrected chi connectivity index (χ1v) is 4.72. The fourth-order valence-electron chi connectivity index (χ4n) is 0.966. The van der Waals surface area contributed by atoms with Crippen LogP contribution in [0.4, 0.5) is 4.79 Å². The number of carbonyl (C=O) groups is 2. The van der Waals surface area contributed by atoms with E-state index < -0.39 is 17.7 Å². The lowest BCUT2D eigenvalue weighted by molar-refractivity contribution is -0.109. The van der Waals surface area contributed by atoms with Gasteiger partial charge >= 0.3 is 6.09 Å². The summed E-state index contributed by atoms with van der Waals surface area (Å²) in [6.45, 7) is 5.20. The van der Waals surface area contributed by atoms with E-state index in [4.69, 9.17) is 4.74 Å². The molecule has 88 valence electrons. The van der Waals surface area contributed by atoms with Gasteiger partial charge < -0.3 is 14.8 Å². The Kier molecular flexibility index (Phi) is 3.60. The minimum Gasteiger partial charge on any atom is -0.444 e. The lowest BCUT2D eigenvalue weighted by atomic mass is 10.2. The predicted molar refractivity (Wildman–Crippen MR) is 54.6 cm³/mol. The molecule has 0 radical (unpaired) electrons. The van der Waals surface area contributed by atoms with Gasteiger partial charge in [0.15, 0.2) is 5.82 Å². The molecule has 0 aliphatic rings. The van der Waals surface area contributed by atoms with Crippen molar-refractivity contribution in [2.75, 3.05) is 0 Å². The van der Waals surface area contributed by atoms with Crippen molar-refractivity contribution >= 4 is 12.4 Å². The van der Waals surface area contributed by atoms with Crippen LogP contribution in [-0.2, 0) is 9.53 Å². The highest BCUT2D eigenvalue weighted by Crippen LogP contribution is 2.09. The average Bonchev–Trinajstić information content (AvgIpc) is 2.63. The molecule has 0 saturated heterocycles. The number of aldehydes is 1. The standard InChI is InChI=1S/C9H14N4O3/c1-9(2,3)16-8(15)12-6(4-14)7-10-5-11-13-7/h4-6H,1-3H3,(H,12,15)(H,10,11,13). The highest BCUT2D eigenvalue weighted by molar-refractivity contribution is 5.73. The van der Waals surface area contributed by atoms with E-state index in [1.807, 2.05) is 0 Å². The van der Waals surface area contributed by atoms with Crippen LogP contribution >= 0.6 is 0 Å². The van der Waals surface area contributed by atoms with Gasteiger partial charge in [-0.25, -0.2) is 9.78 Å². The van der Waals surface area contributed by atoms with Crippen LogP contribution < -0.4 is 5.32 Å². The number of hydrogen-bond acceptors (Lipinski definition) is 5. The summed E-state index contributed by atoms with van der Waals surface area (Å²) in [6.07, 6.45) is 1.12. The zero-order valence-corrected chi connectivity index (χ0v) is 9.35. The van der Waals surface area contributed by atoms with Crippen molar-refractivity contribution in [3.05, 3.63) is 12.2 Å². The highest BCUT2D eigenvalue weighted by atomic mass is 16.6. The van der Waals surface area contributed by atoms with E-state index in [-0.39, 0.29) is 5.82 Å². The van der Waals surface area contributed by atoms with Gasteiger partial charge in [-0.15, -0.1) is 0 Å². The summed E-state index contributed by atoms with van der Waals surface area (Å²) in [5, 5.41) is 8.44. The Morgan fingerprint density at radius 3 is 2.75 bits per heavy atom. The normalized spacial score (nSPS) is 12.9. The van der Waals surface area contributed by atoms with Crippen molar-refractivity contribution in [1.29, 1.82) is 0 Å². The van der Waals surface area contributed by atoms with Crippen LogP contribution in [0.5, 0.6) is 0 Å². The smallest absolute Gasteiger partial charge is 0.408 e. The van der Waals surface area contributed by atoms with Crippen molar-refractivity contribution < 1.29 is 14.3 Å². The summed E-state index contributed by atoms with van der Waals surface area (Å²) < 4.78 is 5.00. The summed E-state index contributed by atoms with van der Waals surface area (Å²) in [6, 6.07) is -0.877. The lowest BCUT2D eigenvalue weighted by Gasteiger charge is -2.20. The number of alkyl carbamates (subject to hydrolysis) is 1. The van der Waals surface area contributed by atoms with Gasteiger partial charge in [-0.05, 0) is 20.8 Å². The van der Waals surface area contributed by atoms with E-state index in [9.17, 15) is 9.59 Å². The van der Waals surface area contributed by atoms with E-state index in [0.29, 0.717) is 6.29 Å². The zero-order valence-electron chi connectivity index (χ0n) is 9.35. The van der Waals surface area contributed by atoms with Gasteiger partial charge in [0.05, 0.1) is 0 Å². The number of aromatic nitrogens is 3. The van der Waals surface area contributed by atoms with Crippen molar-refractivity contribution in [2.45, 2.75) is 32.4 Å². The molecule has 0 aliphatic carbocycles. The molecule has 7 nitrogen and oxygen atoms in total. The molecule has 0 aromatic carbocycles. The number of amides is 1. The molecule has 0 fully saturated rings. The summed E-state index contributed by atoms with van der Waals surface area (Å²) in [7, 11) is 0. The topological polar surface area (TPSA) is 97.0 Å². The predicted octanol–water partition coefficient (Wildman–Crippen LogP) is 0.569. The SMILES string of the molecule is CC(C)(C)OC(=O)NC(C=O)c1ncn[nH]1. The van der Waals surface area contributed by atoms with E-state index in [2.05, 4.69) is 20.5 Å². The van der Waals surface area contributed by atoms with Crippen LogP contribution in [0.15, 0.2) is 6.33 Å². The molecule has 1 rings (SSSR count). The summed E-state index contributed by atoms with van der Waals surface area (Å²) in [5.74, 6) is 0.265. The molecule has 1 aromatic rings. The molecule has 0 aliphatic heterocycles. The van der Waals surface area contributed by atoms with Gasteiger partial charge in [0.25, 0.3) is 0 Å². The Morgan fingerprint density at radius 2 is 2.31 bits per heavy atom. The first-order chi connectivity index (χ1) is 7.42. The molecule has 1 aromatic heterocycles. The van der Waals surface area contributed by atoms with E-state index in [0.717, 1.165) is 0 Å². The minimum absolute atomic E-state index is 0.265. The van der Waals surface area contributed by atoms with Crippen LogP contribution in [0.1, 0.15) is 32.6 Å². The number of nitrogens with one attached hydrogen (secondary N) is 2. The molecule has 0 spiro atoms. The first-order valence-electron chi connectivity index (χ1n) is 4.72. The molecule has 1 unspecified atom stereocenters. The largest absolute Gasteiger partial charge is 0.444 e. The van der Waals surface area contributed by atoms with Crippen LogP contribution in [0.3, 0.4) is 0 Å². The summed E-state index contributed by atoms with van der Waals surface area (Å²) in [5.41, 5.74) is -0.612. The molecule has 16 heavy (non-hydrogen) atoms. The lowest BCUT2D eigenvalue weighted by Crippen LogP contribution is -2.35. The Hall–Kier alpha value is -1.92. The number of rotatable bonds is 3. The number of carbonyl (C=O) groups excluding carboxylic acids is 2. The molecule has 0 bridgehead atoms. The molecule has 0 saturated carbocycles. The summed E-state index contributed by atoms with van der Waals surface area (Å²) in [4.78, 5) is 25.9. The maximum atomic E-state index is 11.4. The first kappa shape index (κ1) is 12.2. The Morgan fingerprint density at radius 1 is 1.62 bits per heavy atom. The van der Waals surface area contributed by atoms with Crippen LogP contribution in [-0.4, -0.2) is 33.2 Å². The van der Waals surface area contributed by atoms with Gasteiger partial charge in [-0.1, -0.05) is 0 Å². The third-order valence-corrected chi connectivity index (χ3v) is 1.54. The maximum absolute atomic E-state index is 11.4. The number of H-pyrrole nitrogens is 1. The number of aromatic amines is 1. The highest BCUT2D eigenvalue weighted by Gasteiger charge is 2.21. The van der Waals surface area contributed by atoms with E-state index in [1.165, 1.54) is 6.33 Å². The minimum atomic E-state index is -0.877. The third-order valence-electron chi connectivity index (χ3n) is 1.54. The second kappa shape index (κ2) is 4.73. The van der Waals surface area contributed by atoms with Gasteiger partial charge in [-0.2, -0.15) is 5.10 Å². The fourth-order valence-corrected chi connectivity index (χ4v) is 0.966.